The van der Waals surface area contributed by atoms with Crippen molar-refractivity contribution in [3.05, 3.63) is 122 Å². The number of hydrogen-bond donors (Lipinski definition) is 1. The molecule has 89 heavy (non-hydrogen) atoms. The summed E-state index contributed by atoms with van der Waals surface area (Å²) >= 11 is 2.36. The van der Waals surface area contributed by atoms with Crippen LogP contribution in [-0.2, 0) is 66.5 Å². The van der Waals surface area contributed by atoms with E-state index in [9.17, 15) is 29.5 Å². The van der Waals surface area contributed by atoms with Gasteiger partial charge < -0.3 is 72.2 Å². The standard InChI is InChI=1S/C30H37N5O8S.C26H35N5O5S.C4H2O3.Na/c1-5-35(24-6-7-25(22(2)20-24)33-34-30-29(32-4)23(3)26(21-31)44-30)10-11-39-12-13-40-14-15-41-16-17-42-18-19-43-28(38)9-8-27(36)37;1-6-31(9-11-33-13-15-35-17-18-36-16-14-34-12-10-32)22-7-8-23(20(2)19-22)29-30-26-24(27-4)21(3)25(28-5)37-26;5-3-1-2-4(6)7-3;/h6-9,20H,5,10-19H2,1-3H3,(H,36,37);7-8,19,32H,6,9-18H2,1-3H3;1-2H;/q;;;+1/p-1/b9-8-,34-33?;;;. The number of esters is 3. The van der Waals surface area contributed by atoms with Gasteiger partial charge in [-0.1, -0.05) is 6.92 Å². The van der Waals surface area contributed by atoms with Gasteiger partial charge in [0, 0.05) is 55.8 Å². The molecule has 26 nitrogen and oxygen atoms in total. The van der Waals surface area contributed by atoms with Gasteiger partial charge in [-0.2, -0.15) is 25.7 Å². The molecule has 0 bridgehead atoms. The fraction of sp³-hybridized carbons (Fsp3) is 0.467. The van der Waals surface area contributed by atoms with Crippen LogP contribution in [0.1, 0.15) is 41.0 Å². The number of azo groups is 2. The third-order valence-corrected chi connectivity index (χ3v) is 13.9. The summed E-state index contributed by atoms with van der Waals surface area (Å²) in [5.74, 6) is -3.41. The fourth-order valence-electron chi connectivity index (χ4n) is 7.24. The molecule has 2 aromatic carbocycles. The third kappa shape index (κ3) is 30.7. The number of rotatable bonds is 39. The Labute approximate surface area is 549 Å². The smallest absolute Gasteiger partial charge is 0.545 e. The number of thiophene rings is 2. The number of anilines is 2. The first-order valence-corrected chi connectivity index (χ1v) is 29.3. The van der Waals surface area contributed by atoms with Crippen molar-refractivity contribution >= 4 is 95.7 Å². The van der Waals surface area contributed by atoms with Crippen molar-refractivity contribution in [2.45, 2.75) is 41.5 Å². The number of aliphatic carboxylic acids is 1. The number of carbonyl (C=O) groups excluding carboxylic acids is 4. The summed E-state index contributed by atoms with van der Waals surface area (Å²) < 4.78 is 52.3. The molecule has 0 aliphatic carbocycles. The maximum absolute atomic E-state index is 11.1. The number of carbonyl (C=O) groups is 4. The van der Waals surface area contributed by atoms with Crippen LogP contribution in [0.2, 0.25) is 0 Å². The van der Waals surface area contributed by atoms with Gasteiger partial charge in [0.15, 0.2) is 0 Å². The predicted octanol–water partition coefficient (Wildman–Crippen LogP) is 6.34. The Kier molecular flexibility index (Phi) is 41.0. The van der Waals surface area contributed by atoms with Gasteiger partial charge in [-0.05, 0) is 99.3 Å². The first-order valence-electron chi connectivity index (χ1n) is 27.7. The molecule has 0 amide bonds. The zero-order valence-electron chi connectivity index (χ0n) is 51.2. The minimum absolute atomic E-state index is 0. The molecule has 0 saturated heterocycles. The zero-order chi connectivity index (χ0) is 64.3. The molecule has 5 rings (SSSR count). The zero-order valence-corrected chi connectivity index (χ0v) is 54.8. The fourth-order valence-corrected chi connectivity index (χ4v) is 8.96. The van der Waals surface area contributed by atoms with Crippen molar-refractivity contribution in [3.63, 3.8) is 0 Å². The van der Waals surface area contributed by atoms with E-state index in [1.807, 2.05) is 44.2 Å². The van der Waals surface area contributed by atoms with Gasteiger partial charge in [-0.3, -0.25) is 0 Å². The number of nitriles is 1. The van der Waals surface area contributed by atoms with Crippen LogP contribution in [0.5, 0.6) is 0 Å². The average molecular weight is 1280 g/mol. The number of aryl methyl sites for hydroxylation is 2. The third-order valence-electron chi connectivity index (χ3n) is 11.8. The van der Waals surface area contributed by atoms with Crippen molar-refractivity contribution in [2.24, 2.45) is 20.5 Å². The largest absolute Gasteiger partial charge is 1.00 e. The number of cyclic esters (lactones) is 2. The maximum atomic E-state index is 11.1. The SMILES string of the molecule is O=C1C=CC(=O)O1.[C-]#[N+]c1c(N=Nc2ccc(N(CC)CCOCCOCCOCCOCCOC(=O)/C=C\C(=O)[O-])cc2C)sc(C#N)c1C.[C-]#[N+]c1sc(N=Nc2ccc(N(CC)CCOCCOCCOCCOCCO)cc2C)c([N+]#[C-])c1C.[Na+]. The number of carboxylic acids is 1. The van der Waals surface area contributed by atoms with Gasteiger partial charge in [0.2, 0.25) is 16.4 Å². The van der Waals surface area contributed by atoms with E-state index < -0.39 is 23.9 Å². The van der Waals surface area contributed by atoms with Crippen LogP contribution in [-0.4, -0.2) is 174 Å². The number of ether oxygens (including phenoxy) is 10. The second kappa shape index (κ2) is 46.8. The predicted molar refractivity (Wildman–Crippen MR) is 327 cm³/mol. The Morgan fingerprint density at radius 3 is 1.37 bits per heavy atom. The Bertz CT molecular complexity index is 3130. The quantitative estimate of drug-likeness (QED) is 0.00969. The number of likely N-dealkylation sites (N-methyl/N-ethyl adjacent to an activating group) is 2. The number of aliphatic hydroxyl groups is 1. The van der Waals surface area contributed by atoms with E-state index in [1.54, 1.807) is 13.8 Å². The first kappa shape index (κ1) is 77.9. The molecular weight excluding hydrogens is 1200 g/mol. The summed E-state index contributed by atoms with van der Waals surface area (Å²) in [7, 11) is 0. The molecule has 1 aliphatic rings. The second-order valence-electron chi connectivity index (χ2n) is 17.9. The van der Waals surface area contributed by atoms with E-state index in [-0.39, 0.29) is 49.4 Å². The molecule has 4 aromatic rings. The van der Waals surface area contributed by atoms with Crippen LogP contribution in [0.15, 0.2) is 81.2 Å². The molecule has 472 valence electrons. The molecule has 0 saturated carbocycles. The number of hydrogen-bond acceptors (Lipinski definition) is 25. The summed E-state index contributed by atoms with van der Waals surface area (Å²) in [6.45, 7) is 43.7. The number of benzene rings is 2. The van der Waals surface area contributed by atoms with Gasteiger partial charge in [0.05, 0.1) is 154 Å². The Morgan fingerprint density at radius 1 is 0.607 bits per heavy atom. The second-order valence-corrected chi connectivity index (χ2v) is 19.8. The van der Waals surface area contributed by atoms with E-state index in [4.69, 9.17) is 67.5 Å². The van der Waals surface area contributed by atoms with Crippen molar-refractivity contribution in [1.82, 2.24) is 0 Å². The summed E-state index contributed by atoms with van der Waals surface area (Å²) in [6.07, 6.45) is 3.54. The number of nitrogens with zero attached hydrogens (tertiary/aromatic N) is 10. The van der Waals surface area contributed by atoms with E-state index >= 15 is 0 Å². The molecule has 1 aliphatic heterocycles. The molecule has 0 fully saturated rings. The molecule has 0 spiro atoms. The molecule has 2 aromatic heterocycles. The Morgan fingerprint density at radius 2 is 1.01 bits per heavy atom. The average Bonchev–Trinajstić information content (AvgIpc) is 2.20. The van der Waals surface area contributed by atoms with Crippen LogP contribution in [0.3, 0.4) is 0 Å². The van der Waals surface area contributed by atoms with Crippen molar-refractivity contribution in [1.29, 1.82) is 5.26 Å². The molecular formula is C60H73N10NaO16S2. The van der Waals surface area contributed by atoms with E-state index in [1.165, 1.54) is 22.7 Å². The molecule has 0 unspecified atom stereocenters. The van der Waals surface area contributed by atoms with Crippen LogP contribution < -0.4 is 44.5 Å². The summed E-state index contributed by atoms with van der Waals surface area (Å²) in [5, 5.41) is 46.6. The Balaban J connectivity index is 0.000000545. The Hall–Kier alpha value is -7.20. The monoisotopic (exact) mass is 1280 g/mol. The molecule has 1 N–H and O–H groups in total. The minimum atomic E-state index is -1.47. The molecule has 29 heteroatoms. The van der Waals surface area contributed by atoms with Crippen molar-refractivity contribution in [3.8, 4) is 6.07 Å². The van der Waals surface area contributed by atoms with E-state index in [0.29, 0.717) is 160 Å². The number of carboxylic acid groups (broad SMARTS) is 1. The summed E-state index contributed by atoms with van der Waals surface area (Å²) in [4.78, 5) is 56.6. The molecule has 0 radical (unpaired) electrons. The van der Waals surface area contributed by atoms with Gasteiger partial charge in [0.1, 0.15) is 22.7 Å². The molecule has 0 atom stereocenters. The van der Waals surface area contributed by atoms with Gasteiger partial charge in [0.25, 0.3) is 0 Å². The minimum Gasteiger partial charge on any atom is -0.545 e. The summed E-state index contributed by atoms with van der Waals surface area (Å²) in [5.41, 5.74) is 7.50. The van der Waals surface area contributed by atoms with E-state index in [0.717, 1.165) is 66.1 Å². The van der Waals surface area contributed by atoms with Crippen molar-refractivity contribution < 1.29 is 106 Å². The van der Waals surface area contributed by atoms with Gasteiger partial charge >= 0.3 is 47.5 Å². The van der Waals surface area contributed by atoms with Crippen molar-refractivity contribution in [2.75, 3.05) is 155 Å². The van der Waals surface area contributed by atoms with Crippen LogP contribution >= 0.6 is 22.7 Å². The summed E-state index contributed by atoms with van der Waals surface area (Å²) in [6, 6.07) is 14.0. The first-order chi connectivity index (χ1) is 42.6. The number of aliphatic hydroxyl groups excluding tert-OH is 1. The maximum Gasteiger partial charge on any atom is 1.00 e. The van der Waals surface area contributed by atoms with Crippen LogP contribution in [0.25, 0.3) is 14.5 Å². The van der Waals surface area contributed by atoms with Gasteiger partial charge in [-0.15, -0.1) is 22.7 Å². The van der Waals surface area contributed by atoms with Crippen LogP contribution in [0, 0.1) is 58.7 Å². The normalized spacial score (nSPS) is 11.5. The van der Waals surface area contributed by atoms with Crippen LogP contribution in [0.4, 0.5) is 49.1 Å². The topological polar surface area (TPSA) is 297 Å². The molecule has 3 heterocycles. The van der Waals surface area contributed by atoms with E-state index in [2.05, 4.69) is 75.5 Å². The van der Waals surface area contributed by atoms with Gasteiger partial charge in [-0.25, -0.2) is 28.9 Å².